The van der Waals surface area contributed by atoms with Crippen molar-refractivity contribution in [3.8, 4) is 0 Å². The first-order valence-corrected chi connectivity index (χ1v) is 10.9. The molecule has 158 valence electrons. The largest absolute Gasteiger partial charge is 0.390 e. The van der Waals surface area contributed by atoms with E-state index in [0.717, 1.165) is 30.4 Å². The molecule has 1 amide bonds. The van der Waals surface area contributed by atoms with Crippen LogP contribution in [0.1, 0.15) is 46.1 Å². The summed E-state index contributed by atoms with van der Waals surface area (Å²) in [5, 5.41) is 16.8. The number of aliphatic hydroxyl groups is 1. The predicted molar refractivity (Wildman–Crippen MR) is 110 cm³/mol. The molecule has 2 unspecified atom stereocenters. The number of β-amino-alcohol motifs (C(OH)–C–C–N with tert-alkyl or cyclic N) is 1. The summed E-state index contributed by atoms with van der Waals surface area (Å²) in [4.78, 5) is 11.5. The number of halogens is 2. The van der Waals surface area contributed by atoms with Crippen molar-refractivity contribution in [1.82, 2.24) is 10.6 Å². The molecule has 1 aromatic carbocycles. The number of nitrogens with one attached hydrogen (secondary N) is 2. The maximum absolute atomic E-state index is 13.5. The quantitative estimate of drug-likeness (QED) is 0.550. The third kappa shape index (κ3) is 8.05. The zero-order valence-corrected chi connectivity index (χ0v) is 18.0. The first kappa shape index (κ1) is 23.1. The fraction of sp³-hybridized carbons (Fsp3) is 0.667. The molecule has 1 aliphatic carbocycles. The Balaban J connectivity index is 1.91. The van der Waals surface area contributed by atoms with E-state index in [9.17, 15) is 18.7 Å². The lowest BCUT2D eigenvalue weighted by Gasteiger charge is -2.27. The molecular formula is C21H32F2N2O2S. The highest BCUT2D eigenvalue weighted by Crippen LogP contribution is 2.39. The molecule has 28 heavy (non-hydrogen) atoms. The molecule has 0 spiro atoms. The lowest BCUT2D eigenvalue weighted by Crippen LogP contribution is -2.50. The van der Waals surface area contributed by atoms with Crippen LogP contribution in [-0.2, 0) is 11.2 Å². The average Bonchev–Trinajstić information content (AvgIpc) is 3.29. The number of aliphatic hydroxyl groups excluding tert-OH is 1. The van der Waals surface area contributed by atoms with E-state index in [1.807, 2.05) is 11.8 Å². The monoisotopic (exact) mass is 414 g/mol. The van der Waals surface area contributed by atoms with Crippen molar-refractivity contribution in [1.29, 1.82) is 0 Å². The summed E-state index contributed by atoms with van der Waals surface area (Å²) in [6.45, 7) is 8.32. The van der Waals surface area contributed by atoms with Gasteiger partial charge in [0.2, 0.25) is 5.91 Å². The van der Waals surface area contributed by atoms with E-state index in [4.69, 9.17) is 0 Å². The Bertz CT molecular complexity index is 655. The maximum Gasteiger partial charge on any atom is 0.217 e. The van der Waals surface area contributed by atoms with Gasteiger partial charge in [0.1, 0.15) is 11.6 Å². The maximum atomic E-state index is 13.5. The zero-order chi connectivity index (χ0) is 20.9. The average molecular weight is 415 g/mol. The SMILES string of the molecule is CC(=O)NC(Cc1cc(F)cc(F)c1)C(O)CNC1(CSCC(C)(C)C)CC1. The van der Waals surface area contributed by atoms with Crippen molar-refractivity contribution in [2.45, 2.75) is 64.6 Å². The van der Waals surface area contributed by atoms with Gasteiger partial charge in [0, 0.05) is 30.8 Å². The number of carbonyl (C=O) groups excluding carboxylic acids is 1. The Morgan fingerprint density at radius 3 is 2.36 bits per heavy atom. The zero-order valence-electron chi connectivity index (χ0n) is 17.1. The van der Waals surface area contributed by atoms with E-state index in [-0.39, 0.29) is 23.3 Å². The molecule has 3 N–H and O–H groups in total. The number of hydrogen-bond acceptors (Lipinski definition) is 4. The smallest absolute Gasteiger partial charge is 0.217 e. The molecule has 1 fully saturated rings. The first-order chi connectivity index (χ1) is 13.0. The molecule has 0 bridgehead atoms. The number of amides is 1. The molecule has 1 aliphatic rings. The standard InChI is InChI=1S/C21H32F2N2O2S/c1-14(26)25-18(9-15-7-16(22)10-17(23)8-15)19(27)11-24-21(5-6-21)13-28-12-20(2,3)4/h7-8,10,18-19,24,27H,5-6,9,11-13H2,1-4H3,(H,25,26). The summed E-state index contributed by atoms with van der Waals surface area (Å²) in [5.41, 5.74) is 0.719. The van der Waals surface area contributed by atoms with E-state index in [0.29, 0.717) is 12.1 Å². The minimum Gasteiger partial charge on any atom is -0.390 e. The molecule has 7 heteroatoms. The Kier molecular flexibility index (Phi) is 7.88. The summed E-state index contributed by atoms with van der Waals surface area (Å²) < 4.78 is 26.9. The van der Waals surface area contributed by atoms with E-state index < -0.39 is 23.8 Å². The molecule has 2 atom stereocenters. The molecule has 0 aromatic heterocycles. The number of hydrogen-bond donors (Lipinski definition) is 3. The van der Waals surface area contributed by atoms with Crippen molar-refractivity contribution < 1.29 is 18.7 Å². The van der Waals surface area contributed by atoms with Gasteiger partial charge < -0.3 is 15.7 Å². The molecule has 2 rings (SSSR count). The number of thioether (sulfide) groups is 1. The second-order valence-electron chi connectivity index (χ2n) is 9.07. The minimum atomic E-state index is -0.861. The van der Waals surface area contributed by atoms with Crippen LogP contribution >= 0.6 is 11.8 Å². The van der Waals surface area contributed by atoms with Crippen molar-refractivity contribution in [2.75, 3.05) is 18.1 Å². The van der Waals surface area contributed by atoms with E-state index >= 15 is 0 Å². The summed E-state index contributed by atoms with van der Waals surface area (Å²) in [7, 11) is 0. The van der Waals surface area contributed by atoms with Gasteiger partial charge in [-0.05, 0) is 48.1 Å². The lowest BCUT2D eigenvalue weighted by atomic mass is 10.0. The van der Waals surface area contributed by atoms with Crippen LogP contribution in [0.25, 0.3) is 0 Å². The van der Waals surface area contributed by atoms with Crippen LogP contribution in [0.15, 0.2) is 18.2 Å². The summed E-state index contributed by atoms with van der Waals surface area (Å²) in [5.74, 6) is 0.423. The van der Waals surface area contributed by atoms with Gasteiger partial charge in [-0.2, -0.15) is 11.8 Å². The molecule has 1 saturated carbocycles. The number of carbonyl (C=O) groups is 1. The molecule has 0 radical (unpaired) electrons. The number of benzene rings is 1. The van der Waals surface area contributed by atoms with E-state index in [1.165, 1.54) is 19.1 Å². The Morgan fingerprint density at radius 2 is 1.86 bits per heavy atom. The second kappa shape index (κ2) is 9.55. The Hall–Kier alpha value is -1.18. The Labute approximate surface area is 170 Å². The third-order valence-corrected chi connectivity index (χ3v) is 6.51. The summed E-state index contributed by atoms with van der Waals surface area (Å²) >= 11 is 1.91. The number of rotatable bonds is 10. The predicted octanol–water partition coefficient (Wildman–Crippen LogP) is 3.27. The van der Waals surface area contributed by atoms with Gasteiger partial charge in [-0.1, -0.05) is 20.8 Å². The van der Waals surface area contributed by atoms with Crippen molar-refractivity contribution >= 4 is 17.7 Å². The van der Waals surface area contributed by atoms with Gasteiger partial charge in [0.05, 0.1) is 12.1 Å². The van der Waals surface area contributed by atoms with Gasteiger partial charge in [-0.3, -0.25) is 4.79 Å². The molecule has 0 saturated heterocycles. The van der Waals surface area contributed by atoms with Gasteiger partial charge in [-0.15, -0.1) is 0 Å². The molecule has 1 aromatic rings. The van der Waals surface area contributed by atoms with Crippen molar-refractivity contribution in [3.63, 3.8) is 0 Å². The van der Waals surface area contributed by atoms with Crippen LogP contribution in [0, 0.1) is 17.0 Å². The molecule has 4 nitrogen and oxygen atoms in total. The summed E-state index contributed by atoms with van der Waals surface area (Å²) in [6.07, 6.45) is 1.43. The first-order valence-electron chi connectivity index (χ1n) is 9.71. The van der Waals surface area contributed by atoms with Gasteiger partial charge >= 0.3 is 0 Å². The summed E-state index contributed by atoms with van der Waals surface area (Å²) in [6, 6.07) is 2.64. The molecular weight excluding hydrogens is 382 g/mol. The van der Waals surface area contributed by atoms with Crippen LogP contribution in [0.5, 0.6) is 0 Å². The van der Waals surface area contributed by atoms with E-state index in [1.54, 1.807) is 0 Å². The van der Waals surface area contributed by atoms with Crippen LogP contribution < -0.4 is 10.6 Å². The van der Waals surface area contributed by atoms with Crippen LogP contribution in [0.4, 0.5) is 8.78 Å². The topological polar surface area (TPSA) is 61.4 Å². The molecule has 0 aliphatic heterocycles. The van der Waals surface area contributed by atoms with Crippen LogP contribution in [-0.4, -0.2) is 46.7 Å². The van der Waals surface area contributed by atoms with Gasteiger partial charge in [-0.25, -0.2) is 8.78 Å². The highest BCUT2D eigenvalue weighted by molar-refractivity contribution is 7.99. The van der Waals surface area contributed by atoms with Crippen molar-refractivity contribution in [3.05, 3.63) is 35.4 Å². The second-order valence-corrected chi connectivity index (χ2v) is 10.1. The minimum absolute atomic E-state index is 0.0443. The van der Waals surface area contributed by atoms with Crippen LogP contribution in [0.2, 0.25) is 0 Å². The van der Waals surface area contributed by atoms with Gasteiger partial charge in [0.25, 0.3) is 0 Å². The van der Waals surface area contributed by atoms with Crippen molar-refractivity contribution in [2.24, 2.45) is 5.41 Å². The normalized spacial score (nSPS) is 17.8. The Morgan fingerprint density at radius 1 is 1.25 bits per heavy atom. The fourth-order valence-electron chi connectivity index (χ4n) is 3.07. The molecule has 0 heterocycles. The highest BCUT2D eigenvalue weighted by atomic mass is 32.2. The van der Waals surface area contributed by atoms with Crippen LogP contribution in [0.3, 0.4) is 0 Å². The highest BCUT2D eigenvalue weighted by Gasteiger charge is 2.42. The third-order valence-electron chi connectivity index (χ3n) is 4.68. The van der Waals surface area contributed by atoms with Gasteiger partial charge in [0.15, 0.2) is 0 Å². The fourth-order valence-corrected chi connectivity index (χ4v) is 4.56. The van der Waals surface area contributed by atoms with E-state index in [2.05, 4.69) is 31.4 Å². The lowest BCUT2D eigenvalue weighted by molar-refractivity contribution is -0.120.